The molecule has 0 saturated heterocycles. The van der Waals surface area contributed by atoms with E-state index in [9.17, 15) is 14.4 Å². The van der Waals surface area contributed by atoms with Crippen LogP contribution < -0.4 is 5.32 Å². The number of aryl methyl sites for hydroxylation is 1. The molecule has 0 radical (unpaired) electrons. The van der Waals surface area contributed by atoms with Gasteiger partial charge in [-0.1, -0.05) is 17.7 Å². The Morgan fingerprint density at radius 3 is 2.33 bits per heavy atom. The number of ether oxygens (including phenoxy) is 1. The van der Waals surface area contributed by atoms with Gasteiger partial charge >= 0.3 is 5.97 Å². The number of nitrogens with one attached hydrogen (secondary N) is 1. The fraction of sp³-hybridized carbons (Fsp3) is 0.438. The Bertz CT molecular complexity index is 508. The van der Waals surface area contributed by atoms with Crippen LogP contribution in [0.5, 0.6) is 0 Å². The van der Waals surface area contributed by atoms with E-state index in [0.29, 0.717) is 18.4 Å². The van der Waals surface area contributed by atoms with E-state index < -0.39 is 6.04 Å². The quantitative estimate of drug-likeness (QED) is 0.780. The zero-order valence-electron chi connectivity index (χ0n) is 12.6. The third-order valence-corrected chi connectivity index (χ3v) is 3.21. The topological polar surface area (TPSA) is 72.5 Å². The second kappa shape index (κ2) is 8.19. The highest BCUT2D eigenvalue weighted by Gasteiger charge is 2.18. The number of carbonyl (C=O) groups excluding carboxylic acids is 3. The molecule has 5 nitrogen and oxygen atoms in total. The number of ketones is 1. The summed E-state index contributed by atoms with van der Waals surface area (Å²) in [5.74, 6) is -0.726. The Kier molecular flexibility index (Phi) is 6.59. The molecule has 0 aliphatic carbocycles. The van der Waals surface area contributed by atoms with E-state index >= 15 is 0 Å². The number of methoxy groups -OCH3 is 1. The molecular weight excluding hydrogens is 270 g/mol. The van der Waals surface area contributed by atoms with Gasteiger partial charge in [0.1, 0.15) is 0 Å². The Hall–Kier alpha value is -2.17. The maximum absolute atomic E-state index is 12.1. The van der Waals surface area contributed by atoms with E-state index in [1.165, 1.54) is 14.0 Å². The summed E-state index contributed by atoms with van der Waals surface area (Å²) in [6, 6.07) is 6.54. The predicted octanol–water partition coefficient (Wildman–Crippen LogP) is 2.03. The van der Waals surface area contributed by atoms with Gasteiger partial charge in [-0.3, -0.25) is 14.4 Å². The molecule has 0 heterocycles. The van der Waals surface area contributed by atoms with Crippen molar-refractivity contribution >= 4 is 17.7 Å². The average Bonchev–Trinajstić information content (AvgIpc) is 2.46. The first kappa shape index (κ1) is 16.9. The van der Waals surface area contributed by atoms with Crippen LogP contribution in [0.1, 0.15) is 42.1 Å². The van der Waals surface area contributed by atoms with Gasteiger partial charge in [-0.05, 0) is 38.8 Å². The summed E-state index contributed by atoms with van der Waals surface area (Å²) >= 11 is 0. The van der Waals surface area contributed by atoms with Gasteiger partial charge in [-0.15, -0.1) is 0 Å². The fourth-order valence-electron chi connectivity index (χ4n) is 1.88. The monoisotopic (exact) mass is 291 g/mol. The van der Waals surface area contributed by atoms with Crippen LogP contribution in [-0.4, -0.2) is 30.8 Å². The largest absolute Gasteiger partial charge is 0.469 e. The number of amides is 1. The summed E-state index contributed by atoms with van der Waals surface area (Å²) in [6.07, 6.45) is 1.15. The molecule has 1 rings (SSSR count). The minimum absolute atomic E-state index is 0.125. The lowest BCUT2D eigenvalue weighted by atomic mass is 10.0. The molecule has 1 aromatic carbocycles. The summed E-state index contributed by atoms with van der Waals surface area (Å²) in [5, 5.41) is 2.70. The minimum Gasteiger partial charge on any atom is -0.469 e. The van der Waals surface area contributed by atoms with E-state index in [0.717, 1.165) is 5.56 Å². The molecule has 1 amide bonds. The van der Waals surface area contributed by atoms with Crippen LogP contribution in [0.15, 0.2) is 24.3 Å². The van der Waals surface area contributed by atoms with Crippen LogP contribution in [-0.2, 0) is 14.3 Å². The van der Waals surface area contributed by atoms with E-state index in [4.69, 9.17) is 0 Å². The lowest BCUT2D eigenvalue weighted by Gasteiger charge is -2.15. The molecule has 0 spiro atoms. The first-order chi connectivity index (χ1) is 9.93. The number of esters is 1. The average molecular weight is 291 g/mol. The van der Waals surface area contributed by atoms with Crippen molar-refractivity contribution < 1.29 is 19.1 Å². The van der Waals surface area contributed by atoms with Gasteiger partial charge in [0, 0.05) is 12.0 Å². The summed E-state index contributed by atoms with van der Waals surface area (Å²) in [4.78, 5) is 34.7. The van der Waals surface area contributed by atoms with Crippen LogP contribution in [0.3, 0.4) is 0 Å². The van der Waals surface area contributed by atoms with Gasteiger partial charge < -0.3 is 10.1 Å². The van der Waals surface area contributed by atoms with Gasteiger partial charge in [0.05, 0.1) is 13.2 Å². The van der Waals surface area contributed by atoms with Crippen LogP contribution in [0.25, 0.3) is 0 Å². The molecule has 1 N–H and O–H groups in total. The number of carbonyl (C=O) groups is 3. The summed E-state index contributed by atoms with van der Waals surface area (Å²) in [7, 11) is 1.32. The molecule has 5 heteroatoms. The lowest BCUT2D eigenvalue weighted by molar-refractivity contribution is -0.140. The van der Waals surface area contributed by atoms with Crippen LogP contribution >= 0.6 is 0 Å². The second-order valence-corrected chi connectivity index (χ2v) is 4.97. The first-order valence-electron chi connectivity index (χ1n) is 6.89. The summed E-state index contributed by atoms with van der Waals surface area (Å²) in [5.41, 5.74) is 1.58. The fourth-order valence-corrected chi connectivity index (χ4v) is 1.88. The van der Waals surface area contributed by atoms with Crippen molar-refractivity contribution in [3.8, 4) is 0 Å². The summed E-state index contributed by atoms with van der Waals surface area (Å²) < 4.78 is 4.54. The number of Topliss-reactive ketones (excluding diaryl/α,β-unsaturated/α-hetero) is 1. The molecule has 1 aromatic rings. The Morgan fingerprint density at radius 1 is 1.19 bits per heavy atom. The normalized spacial score (nSPS) is 11.6. The summed E-state index contributed by atoms with van der Waals surface area (Å²) in [6.45, 7) is 3.37. The molecule has 0 aliphatic heterocycles. The third-order valence-electron chi connectivity index (χ3n) is 3.21. The first-order valence-corrected chi connectivity index (χ1v) is 6.89. The van der Waals surface area contributed by atoms with Crippen molar-refractivity contribution in [2.45, 2.75) is 39.2 Å². The van der Waals surface area contributed by atoms with E-state index in [1.54, 1.807) is 12.1 Å². The van der Waals surface area contributed by atoms with Gasteiger partial charge in [-0.25, -0.2) is 0 Å². The molecule has 1 unspecified atom stereocenters. The van der Waals surface area contributed by atoms with Crippen molar-refractivity contribution in [3.63, 3.8) is 0 Å². The van der Waals surface area contributed by atoms with Crippen LogP contribution in [0.4, 0.5) is 0 Å². The highest BCUT2D eigenvalue weighted by molar-refractivity contribution is 5.97. The predicted molar refractivity (Wildman–Crippen MR) is 79.0 cm³/mol. The smallest absolute Gasteiger partial charge is 0.305 e. The number of hydrogen-bond acceptors (Lipinski definition) is 4. The van der Waals surface area contributed by atoms with E-state index in [1.807, 2.05) is 19.1 Å². The highest BCUT2D eigenvalue weighted by atomic mass is 16.5. The van der Waals surface area contributed by atoms with Gasteiger partial charge in [0.25, 0.3) is 5.91 Å². The number of hydrogen-bond donors (Lipinski definition) is 1. The second-order valence-electron chi connectivity index (χ2n) is 4.97. The van der Waals surface area contributed by atoms with Crippen molar-refractivity contribution in [2.24, 2.45) is 0 Å². The standard InChI is InChI=1S/C16H21NO4/c1-11-7-9-13(10-8-11)16(20)17-14(12(2)18)5-4-6-15(19)21-3/h7-10,14H,4-6H2,1-3H3,(H,17,20). The Balaban J connectivity index is 2.57. The van der Waals surface area contributed by atoms with Crippen molar-refractivity contribution in [3.05, 3.63) is 35.4 Å². The minimum atomic E-state index is -0.580. The van der Waals surface area contributed by atoms with E-state index in [-0.39, 0.29) is 24.1 Å². The van der Waals surface area contributed by atoms with Crippen molar-refractivity contribution in [1.82, 2.24) is 5.32 Å². The molecule has 0 bridgehead atoms. The molecule has 0 saturated carbocycles. The maximum Gasteiger partial charge on any atom is 0.305 e. The van der Waals surface area contributed by atoms with Crippen molar-refractivity contribution in [2.75, 3.05) is 7.11 Å². The SMILES string of the molecule is COC(=O)CCCC(NC(=O)c1ccc(C)cc1)C(C)=O. The third kappa shape index (κ3) is 5.77. The van der Waals surface area contributed by atoms with Crippen LogP contribution in [0, 0.1) is 6.92 Å². The van der Waals surface area contributed by atoms with Crippen LogP contribution in [0.2, 0.25) is 0 Å². The number of rotatable bonds is 7. The highest BCUT2D eigenvalue weighted by Crippen LogP contribution is 2.07. The maximum atomic E-state index is 12.1. The number of benzene rings is 1. The molecular formula is C16H21NO4. The zero-order valence-corrected chi connectivity index (χ0v) is 12.6. The molecule has 0 aromatic heterocycles. The Morgan fingerprint density at radius 2 is 1.81 bits per heavy atom. The lowest BCUT2D eigenvalue weighted by Crippen LogP contribution is -2.39. The molecule has 114 valence electrons. The molecule has 0 aliphatic rings. The van der Waals surface area contributed by atoms with Gasteiger partial charge in [0.15, 0.2) is 5.78 Å². The van der Waals surface area contributed by atoms with Gasteiger partial charge in [-0.2, -0.15) is 0 Å². The molecule has 21 heavy (non-hydrogen) atoms. The van der Waals surface area contributed by atoms with Gasteiger partial charge in [0.2, 0.25) is 0 Å². The van der Waals surface area contributed by atoms with E-state index in [2.05, 4.69) is 10.1 Å². The zero-order chi connectivity index (χ0) is 15.8. The molecule has 0 fully saturated rings. The van der Waals surface area contributed by atoms with Crippen molar-refractivity contribution in [1.29, 1.82) is 0 Å². The molecule has 1 atom stereocenters. The Labute approximate surface area is 124 Å².